The minimum absolute atomic E-state index is 0.282. The van der Waals surface area contributed by atoms with Crippen molar-refractivity contribution in [3.05, 3.63) is 54.3 Å². The van der Waals surface area contributed by atoms with Crippen molar-refractivity contribution in [2.24, 2.45) is 0 Å². The number of anilines is 2. The standard InChI is InChI=1S/C20H20FN3/c21-18-7-3-2-6-16(18)17-12-14-8-9-15(13-19(14)23-20(17)22)24-10-4-1-5-11-24/h2-3,6-9,12-13H,1,4-5,10-11H2,(H2,22,23). The van der Waals surface area contributed by atoms with E-state index < -0.39 is 0 Å². The summed E-state index contributed by atoms with van der Waals surface area (Å²) < 4.78 is 14.1. The third kappa shape index (κ3) is 2.68. The number of rotatable bonds is 2. The number of aromatic nitrogens is 1. The van der Waals surface area contributed by atoms with Crippen molar-refractivity contribution in [2.75, 3.05) is 23.7 Å². The van der Waals surface area contributed by atoms with E-state index in [0.29, 0.717) is 16.9 Å². The third-order valence-electron chi connectivity index (χ3n) is 4.72. The fourth-order valence-corrected chi connectivity index (χ4v) is 3.41. The minimum Gasteiger partial charge on any atom is -0.383 e. The Balaban J connectivity index is 1.78. The molecule has 1 aliphatic rings. The number of pyridine rings is 1. The van der Waals surface area contributed by atoms with E-state index in [0.717, 1.165) is 24.0 Å². The Labute approximate surface area is 140 Å². The SMILES string of the molecule is Nc1nc2cc(N3CCCCC3)ccc2cc1-c1ccccc1F. The van der Waals surface area contributed by atoms with Gasteiger partial charge in [-0.25, -0.2) is 9.37 Å². The molecular formula is C20H20FN3. The number of fused-ring (bicyclic) bond motifs is 1. The molecule has 4 heteroatoms. The molecule has 1 saturated heterocycles. The topological polar surface area (TPSA) is 42.1 Å². The van der Waals surface area contributed by atoms with Crippen LogP contribution in [0.25, 0.3) is 22.0 Å². The normalized spacial score (nSPS) is 15.0. The summed E-state index contributed by atoms with van der Waals surface area (Å²) in [7, 11) is 0. The second kappa shape index (κ2) is 6.11. The number of hydrogen-bond acceptors (Lipinski definition) is 3. The predicted molar refractivity (Wildman–Crippen MR) is 97.6 cm³/mol. The first-order chi connectivity index (χ1) is 11.7. The molecule has 0 atom stereocenters. The molecule has 1 aromatic heterocycles. The van der Waals surface area contributed by atoms with Crippen LogP contribution in [0.2, 0.25) is 0 Å². The average molecular weight is 321 g/mol. The van der Waals surface area contributed by atoms with Crippen LogP contribution in [0.1, 0.15) is 19.3 Å². The molecule has 0 spiro atoms. The van der Waals surface area contributed by atoms with Crippen LogP contribution < -0.4 is 10.6 Å². The zero-order chi connectivity index (χ0) is 16.5. The van der Waals surface area contributed by atoms with Gasteiger partial charge in [0, 0.05) is 35.3 Å². The first-order valence-corrected chi connectivity index (χ1v) is 8.42. The zero-order valence-corrected chi connectivity index (χ0v) is 13.5. The molecule has 4 rings (SSSR count). The van der Waals surface area contributed by atoms with E-state index in [9.17, 15) is 4.39 Å². The Bertz CT molecular complexity index is 885. The largest absolute Gasteiger partial charge is 0.383 e. The van der Waals surface area contributed by atoms with Gasteiger partial charge in [0.2, 0.25) is 0 Å². The summed E-state index contributed by atoms with van der Waals surface area (Å²) in [5.41, 5.74) is 9.30. The number of piperidine rings is 1. The first kappa shape index (κ1) is 14.9. The van der Waals surface area contributed by atoms with Gasteiger partial charge in [-0.1, -0.05) is 24.3 Å². The monoisotopic (exact) mass is 321 g/mol. The molecule has 2 heterocycles. The smallest absolute Gasteiger partial charge is 0.132 e. The molecule has 0 bridgehead atoms. The molecule has 0 saturated carbocycles. The highest BCUT2D eigenvalue weighted by Crippen LogP contribution is 2.32. The lowest BCUT2D eigenvalue weighted by atomic mass is 10.0. The van der Waals surface area contributed by atoms with Gasteiger partial charge in [0.15, 0.2) is 0 Å². The van der Waals surface area contributed by atoms with Crippen LogP contribution in [-0.4, -0.2) is 18.1 Å². The average Bonchev–Trinajstić information content (AvgIpc) is 2.62. The lowest BCUT2D eigenvalue weighted by Gasteiger charge is -2.29. The van der Waals surface area contributed by atoms with E-state index >= 15 is 0 Å². The molecule has 0 unspecified atom stereocenters. The molecule has 24 heavy (non-hydrogen) atoms. The molecule has 0 aliphatic carbocycles. The van der Waals surface area contributed by atoms with Crippen LogP contribution in [0.15, 0.2) is 48.5 Å². The van der Waals surface area contributed by atoms with Crippen LogP contribution >= 0.6 is 0 Å². The van der Waals surface area contributed by atoms with E-state index in [2.05, 4.69) is 28.1 Å². The minimum atomic E-state index is -0.282. The Morgan fingerprint density at radius 3 is 2.50 bits per heavy atom. The second-order valence-corrected chi connectivity index (χ2v) is 6.33. The summed E-state index contributed by atoms with van der Waals surface area (Å²) in [5, 5.41) is 0.975. The van der Waals surface area contributed by atoms with Gasteiger partial charge in [-0.2, -0.15) is 0 Å². The van der Waals surface area contributed by atoms with Gasteiger partial charge in [0.1, 0.15) is 11.6 Å². The number of nitrogens with zero attached hydrogens (tertiary/aromatic N) is 2. The van der Waals surface area contributed by atoms with Crippen molar-refractivity contribution in [2.45, 2.75) is 19.3 Å². The highest BCUT2D eigenvalue weighted by molar-refractivity contribution is 5.90. The van der Waals surface area contributed by atoms with Crippen molar-refractivity contribution < 1.29 is 4.39 Å². The number of benzene rings is 2. The van der Waals surface area contributed by atoms with Gasteiger partial charge >= 0.3 is 0 Å². The van der Waals surface area contributed by atoms with Crippen LogP contribution in [0.4, 0.5) is 15.9 Å². The van der Waals surface area contributed by atoms with Crippen LogP contribution in [0, 0.1) is 5.82 Å². The summed E-state index contributed by atoms with van der Waals surface area (Å²) in [6.07, 6.45) is 3.78. The summed E-state index contributed by atoms with van der Waals surface area (Å²) in [4.78, 5) is 6.93. The molecular weight excluding hydrogens is 301 g/mol. The fraction of sp³-hybridized carbons (Fsp3) is 0.250. The molecule has 3 aromatic rings. The Hall–Kier alpha value is -2.62. The molecule has 0 radical (unpaired) electrons. The van der Waals surface area contributed by atoms with Crippen LogP contribution in [-0.2, 0) is 0 Å². The number of nitrogen functional groups attached to an aromatic ring is 1. The van der Waals surface area contributed by atoms with E-state index in [1.165, 1.54) is 31.0 Å². The van der Waals surface area contributed by atoms with Crippen molar-refractivity contribution in [3.8, 4) is 11.1 Å². The molecule has 3 nitrogen and oxygen atoms in total. The quantitative estimate of drug-likeness (QED) is 0.749. The predicted octanol–water partition coefficient (Wildman–Crippen LogP) is 4.61. The maximum Gasteiger partial charge on any atom is 0.132 e. The van der Waals surface area contributed by atoms with Crippen molar-refractivity contribution in [1.82, 2.24) is 4.98 Å². The van der Waals surface area contributed by atoms with Gasteiger partial charge < -0.3 is 10.6 Å². The van der Waals surface area contributed by atoms with Gasteiger partial charge in [-0.05, 0) is 43.5 Å². The van der Waals surface area contributed by atoms with Gasteiger partial charge in [-0.3, -0.25) is 0 Å². The highest BCUT2D eigenvalue weighted by atomic mass is 19.1. The van der Waals surface area contributed by atoms with E-state index in [4.69, 9.17) is 5.73 Å². The van der Waals surface area contributed by atoms with Gasteiger partial charge in [0.05, 0.1) is 5.52 Å². The summed E-state index contributed by atoms with van der Waals surface area (Å²) >= 11 is 0. The van der Waals surface area contributed by atoms with Crippen molar-refractivity contribution in [1.29, 1.82) is 0 Å². The van der Waals surface area contributed by atoms with Crippen molar-refractivity contribution >= 4 is 22.4 Å². The molecule has 0 amide bonds. The summed E-state index contributed by atoms with van der Waals surface area (Å²) in [6.45, 7) is 2.18. The molecule has 122 valence electrons. The first-order valence-electron chi connectivity index (χ1n) is 8.42. The lowest BCUT2D eigenvalue weighted by Crippen LogP contribution is -2.29. The maximum atomic E-state index is 14.1. The van der Waals surface area contributed by atoms with Crippen molar-refractivity contribution in [3.63, 3.8) is 0 Å². The lowest BCUT2D eigenvalue weighted by molar-refractivity contribution is 0.578. The number of halogens is 1. The second-order valence-electron chi connectivity index (χ2n) is 6.33. The highest BCUT2D eigenvalue weighted by Gasteiger charge is 2.14. The van der Waals surface area contributed by atoms with Gasteiger partial charge in [0.25, 0.3) is 0 Å². The molecule has 1 aliphatic heterocycles. The zero-order valence-electron chi connectivity index (χ0n) is 13.5. The molecule has 2 aromatic carbocycles. The molecule has 1 fully saturated rings. The van der Waals surface area contributed by atoms with Gasteiger partial charge in [-0.15, -0.1) is 0 Å². The van der Waals surface area contributed by atoms with E-state index in [1.54, 1.807) is 12.1 Å². The Kier molecular flexibility index (Phi) is 3.81. The number of nitrogens with two attached hydrogens (primary N) is 1. The van der Waals surface area contributed by atoms with Crippen LogP contribution in [0.5, 0.6) is 0 Å². The van der Waals surface area contributed by atoms with E-state index in [-0.39, 0.29) is 5.82 Å². The summed E-state index contributed by atoms with van der Waals surface area (Å²) in [5.74, 6) is 0.0821. The maximum absolute atomic E-state index is 14.1. The summed E-state index contributed by atoms with van der Waals surface area (Å²) in [6, 6.07) is 14.8. The number of hydrogen-bond donors (Lipinski definition) is 1. The van der Waals surface area contributed by atoms with E-state index in [1.807, 2.05) is 12.1 Å². The van der Waals surface area contributed by atoms with Crippen LogP contribution in [0.3, 0.4) is 0 Å². The third-order valence-corrected chi connectivity index (χ3v) is 4.72. The Morgan fingerprint density at radius 1 is 0.917 bits per heavy atom. The Morgan fingerprint density at radius 2 is 1.71 bits per heavy atom. The fourth-order valence-electron chi connectivity index (χ4n) is 3.41. The molecule has 2 N–H and O–H groups in total.